The first kappa shape index (κ1) is 13.5. The summed E-state index contributed by atoms with van der Waals surface area (Å²) < 4.78 is 0. The average molecular weight is 299 g/mol. The standard InChI is InChI=1S/C11H8Cl2N4O2/c1-5-2-3-6(9(18)14-5)10(19)16-8-4-7(12)15-11(13)17-8/h2-4H,1H3,(H,14,18)(H,15,16,17,19). The van der Waals surface area contributed by atoms with Gasteiger partial charge in [0.25, 0.3) is 11.5 Å². The molecule has 2 heterocycles. The minimum atomic E-state index is -0.605. The fraction of sp³-hybridized carbons (Fsp3) is 0.0909. The van der Waals surface area contributed by atoms with Crippen LogP contribution in [0.4, 0.5) is 5.82 Å². The first-order valence-corrected chi connectivity index (χ1v) is 5.92. The molecular weight excluding hydrogens is 291 g/mol. The molecule has 98 valence electrons. The van der Waals surface area contributed by atoms with Crippen LogP contribution in [0.2, 0.25) is 10.4 Å². The van der Waals surface area contributed by atoms with Gasteiger partial charge in [-0.3, -0.25) is 9.59 Å². The Morgan fingerprint density at radius 2 is 2.05 bits per heavy atom. The van der Waals surface area contributed by atoms with Gasteiger partial charge >= 0.3 is 0 Å². The summed E-state index contributed by atoms with van der Waals surface area (Å²) >= 11 is 11.3. The zero-order valence-corrected chi connectivity index (χ0v) is 11.2. The normalized spacial score (nSPS) is 10.3. The lowest BCUT2D eigenvalue weighted by atomic mass is 10.2. The predicted octanol–water partition coefficient (Wildman–Crippen LogP) is 2.03. The summed E-state index contributed by atoms with van der Waals surface area (Å²) in [4.78, 5) is 33.4. The van der Waals surface area contributed by atoms with E-state index in [1.165, 1.54) is 12.1 Å². The number of H-pyrrole nitrogens is 1. The molecule has 2 N–H and O–H groups in total. The molecule has 2 aromatic rings. The Kier molecular flexibility index (Phi) is 3.82. The summed E-state index contributed by atoms with van der Waals surface area (Å²) in [5, 5.41) is 2.42. The molecule has 1 amide bonds. The summed E-state index contributed by atoms with van der Waals surface area (Å²) in [6, 6.07) is 4.37. The smallest absolute Gasteiger partial charge is 0.262 e. The van der Waals surface area contributed by atoms with E-state index < -0.39 is 11.5 Å². The summed E-state index contributed by atoms with van der Waals surface area (Å²) in [5.74, 6) is -0.484. The van der Waals surface area contributed by atoms with Crippen LogP contribution in [0.15, 0.2) is 23.0 Å². The lowest BCUT2D eigenvalue weighted by Crippen LogP contribution is -2.23. The number of carbonyl (C=O) groups excluding carboxylic acids is 1. The van der Waals surface area contributed by atoms with Crippen LogP contribution < -0.4 is 10.9 Å². The van der Waals surface area contributed by atoms with E-state index in [9.17, 15) is 9.59 Å². The van der Waals surface area contributed by atoms with Crippen LogP contribution >= 0.6 is 23.2 Å². The molecule has 2 aromatic heterocycles. The third-order valence-corrected chi connectivity index (χ3v) is 2.57. The number of rotatable bonds is 2. The molecule has 0 aromatic carbocycles. The number of pyridine rings is 1. The number of aromatic nitrogens is 3. The first-order valence-electron chi connectivity index (χ1n) is 5.17. The number of hydrogen-bond donors (Lipinski definition) is 2. The van der Waals surface area contributed by atoms with Gasteiger partial charge < -0.3 is 10.3 Å². The van der Waals surface area contributed by atoms with E-state index in [0.717, 1.165) is 0 Å². The van der Waals surface area contributed by atoms with E-state index in [4.69, 9.17) is 23.2 Å². The molecule has 0 atom stereocenters. The molecule has 2 rings (SSSR count). The molecule has 8 heteroatoms. The van der Waals surface area contributed by atoms with E-state index in [1.807, 2.05) is 0 Å². The summed E-state index contributed by atoms with van der Waals surface area (Å²) in [6.45, 7) is 1.72. The Morgan fingerprint density at radius 3 is 2.68 bits per heavy atom. The van der Waals surface area contributed by atoms with Crippen LogP contribution in [-0.4, -0.2) is 20.9 Å². The number of carbonyl (C=O) groups is 1. The second kappa shape index (κ2) is 5.38. The van der Waals surface area contributed by atoms with Gasteiger partial charge in [-0.15, -0.1) is 0 Å². The molecule has 0 aliphatic heterocycles. The van der Waals surface area contributed by atoms with Gasteiger partial charge in [0.2, 0.25) is 5.28 Å². The van der Waals surface area contributed by atoms with Crippen molar-refractivity contribution in [3.63, 3.8) is 0 Å². The number of anilines is 1. The maximum atomic E-state index is 11.9. The van der Waals surface area contributed by atoms with Crippen molar-refractivity contribution in [3.05, 3.63) is 50.2 Å². The molecule has 0 unspecified atom stereocenters. The number of halogens is 2. The number of nitrogens with zero attached hydrogens (tertiary/aromatic N) is 2. The van der Waals surface area contributed by atoms with Crippen molar-refractivity contribution in [1.82, 2.24) is 15.0 Å². The summed E-state index contributed by atoms with van der Waals surface area (Å²) in [7, 11) is 0. The zero-order chi connectivity index (χ0) is 14.0. The molecule has 0 saturated carbocycles. The lowest BCUT2D eigenvalue weighted by Gasteiger charge is -2.04. The maximum absolute atomic E-state index is 11.9. The quantitative estimate of drug-likeness (QED) is 0.656. The predicted molar refractivity (Wildman–Crippen MR) is 71.8 cm³/mol. The van der Waals surface area contributed by atoms with Gasteiger partial charge in [-0.1, -0.05) is 11.6 Å². The third kappa shape index (κ3) is 3.30. The van der Waals surface area contributed by atoms with Crippen molar-refractivity contribution in [2.75, 3.05) is 5.32 Å². The second-order valence-corrected chi connectivity index (χ2v) is 4.41. The molecule has 0 saturated heterocycles. The first-order chi connectivity index (χ1) is 8.95. The molecule has 0 bridgehead atoms. The van der Waals surface area contributed by atoms with Crippen LogP contribution in [0, 0.1) is 6.92 Å². The van der Waals surface area contributed by atoms with Crippen molar-refractivity contribution >= 4 is 34.9 Å². The van der Waals surface area contributed by atoms with Crippen molar-refractivity contribution < 1.29 is 4.79 Å². The highest BCUT2D eigenvalue weighted by Crippen LogP contribution is 2.14. The van der Waals surface area contributed by atoms with Crippen LogP contribution in [0.1, 0.15) is 16.1 Å². The Balaban J connectivity index is 2.28. The molecule has 0 spiro atoms. The SMILES string of the molecule is Cc1ccc(C(=O)Nc2cc(Cl)nc(Cl)n2)c(=O)[nH]1. The Labute approximate surface area is 117 Å². The highest BCUT2D eigenvalue weighted by molar-refractivity contribution is 6.32. The van der Waals surface area contributed by atoms with E-state index >= 15 is 0 Å². The second-order valence-electron chi connectivity index (χ2n) is 3.68. The van der Waals surface area contributed by atoms with Crippen LogP contribution in [0.5, 0.6) is 0 Å². The van der Waals surface area contributed by atoms with Crippen molar-refractivity contribution in [2.24, 2.45) is 0 Å². The highest BCUT2D eigenvalue weighted by atomic mass is 35.5. The van der Waals surface area contributed by atoms with Gasteiger partial charge in [0, 0.05) is 11.8 Å². The van der Waals surface area contributed by atoms with Gasteiger partial charge in [0.15, 0.2) is 0 Å². The minimum Gasteiger partial charge on any atom is -0.326 e. The molecule has 0 aliphatic rings. The lowest BCUT2D eigenvalue weighted by molar-refractivity contribution is 0.102. The topological polar surface area (TPSA) is 87.7 Å². The summed E-state index contributed by atoms with van der Waals surface area (Å²) in [6.07, 6.45) is 0. The van der Waals surface area contributed by atoms with E-state index in [2.05, 4.69) is 20.3 Å². The Hall–Kier alpha value is -1.92. The van der Waals surface area contributed by atoms with Crippen LogP contribution in [0.25, 0.3) is 0 Å². The van der Waals surface area contributed by atoms with Gasteiger partial charge in [0.05, 0.1) is 0 Å². The van der Waals surface area contributed by atoms with Crippen molar-refractivity contribution in [2.45, 2.75) is 6.92 Å². The Morgan fingerprint density at radius 1 is 1.32 bits per heavy atom. The average Bonchev–Trinajstić information content (AvgIpc) is 2.26. The monoisotopic (exact) mass is 298 g/mol. The molecule has 0 fully saturated rings. The van der Waals surface area contributed by atoms with Crippen LogP contribution in [-0.2, 0) is 0 Å². The summed E-state index contributed by atoms with van der Waals surface area (Å²) in [5.41, 5.74) is 0.148. The Bertz CT molecular complexity index is 679. The van der Waals surface area contributed by atoms with Crippen molar-refractivity contribution in [3.8, 4) is 0 Å². The molecule has 19 heavy (non-hydrogen) atoms. The fourth-order valence-corrected chi connectivity index (χ4v) is 1.80. The van der Waals surface area contributed by atoms with Crippen molar-refractivity contribution in [1.29, 1.82) is 0 Å². The van der Waals surface area contributed by atoms with Gasteiger partial charge in [-0.05, 0) is 30.7 Å². The minimum absolute atomic E-state index is 0.0311. The third-order valence-electron chi connectivity index (χ3n) is 2.21. The molecule has 0 radical (unpaired) electrons. The fourth-order valence-electron chi connectivity index (χ4n) is 1.39. The van der Waals surface area contributed by atoms with E-state index in [1.54, 1.807) is 13.0 Å². The van der Waals surface area contributed by atoms with Gasteiger partial charge in [-0.25, -0.2) is 9.97 Å². The largest absolute Gasteiger partial charge is 0.326 e. The number of aromatic amines is 1. The maximum Gasteiger partial charge on any atom is 0.262 e. The number of amides is 1. The number of aryl methyl sites for hydroxylation is 1. The molecule has 0 aliphatic carbocycles. The van der Waals surface area contributed by atoms with E-state index in [-0.39, 0.29) is 21.8 Å². The highest BCUT2D eigenvalue weighted by Gasteiger charge is 2.12. The molecular formula is C11H8Cl2N4O2. The number of nitrogens with one attached hydrogen (secondary N) is 2. The molecule has 6 nitrogen and oxygen atoms in total. The number of hydrogen-bond acceptors (Lipinski definition) is 4. The van der Waals surface area contributed by atoms with Gasteiger partial charge in [0.1, 0.15) is 16.5 Å². The zero-order valence-electron chi connectivity index (χ0n) is 9.70. The van der Waals surface area contributed by atoms with Gasteiger partial charge in [-0.2, -0.15) is 0 Å². The van der Waals surface area contributed by atoms with E-state index in [0.29, 0.717) is 5.69 Å². The van der Waals surface area contributed by atoms with Crippen LogP contribution in [0.3, 0.4) is 0 Å².